The number of ether oxygens (including phenoxy) is 1. The molecule has 1 aromatic carbocycles. The second kappa shape index (κ2) is 6.73. The van der Waals surface area contributed by atoms with Gasteiger partial charge in [0.15, 0.2) is 5.82 Å². The molecule has 1 aromatic heterocycles. The van der Waals surface area contributed by atoms with Crippen LogP contribution < -0.4 is 10.2 Å². The summed E-state index contributed by atoms with van der Waals surface area (Å²) in [6.07, 6.45) is 0.791. The number of aromatic amines is 1. The number of rotatable bonds is 5. The Kier molecular flexibility index (Phi) is 5.22. The third-order valence-electron chi connectivity index (χ3n) is 2.78. The van der Waals surface area contributed by atoms with Gasteiger partial charge in [-0.15, -0.1) is 0 Å². The van der Waals surface area contributed by atoms with E-state index < -0.39 is 0 Å². The van der Waals surface area contributed by atoms with E-state index in [1.54, 1.807) is 11.8 Å². The van der Waals surface area contributed by atoms with Crippen LogP contribution in [0.1, 0.15) is 18.3 Å². The van der Waals surface area contributed by atoms with Crippen molar-refractivity contribution in [3.63, 3.8) is 0 Å². The van der Waals surface area contributed by atoms with Crippen molar-refractivity contribution in [1.29, 1.82) is 0 Å². The number of aryl methyl sites for hydroxylation is 1. The van der Waals surface area contributed by atoms with Crippen LogP contribution in [0.5, 0.6) is 5.75 Å². The Morgan fingerprint density at radius 2 is 2.20 bits per heavy atom. The third kappa shape index (κ3) is 3.24. The smallest absolute Gasteiger partial charge is 0.214 e. The van der Waals surface area contributed by atoms with Gasteiger partial charge in [-0.25, -0.2) is 4.68 Å². The Bertz CT molecular complexity index is 668. The van der Waals surface area contributed by atoms with Gasteiger partial charge in [0.2, 0.25) is 4.77 Å². The lowest BCUT2D eigenvalue weighted by Crippen LogP contribution is -2.17. The van der Waals surface area contributed by atoms with Gasteiger partial charge in [0, 0.05) is 16.5 Å². The van der Waals surface area contributed by atoms with Crippen molar-refractivity contribution >= 4 is 44.1 Å². The van der Waals surface area contributed by atoms with E-state index in [-0.39, 0.29) is 0 Å². The van der Waals surface area contributed by atoms with E-state index in [1.165, 1.54) is 0 Å². The molecule has 0 saturated carbocycles. The Labute approximate surface area is 139 Å². The standard InChI is InChI=1S/C12H14Br2N4OS/c1-3-10-16-17-12(20)18(10)15-6-7-4-8(13)5-9(14)11(7)19-2/h4-5,15H,3,6H2,1-2H3,(H,17,20). The number of halogens is 2. The summed E-state index contributed by atoms with van der Waals surface area (Å²) in [5, 5.41) is 6.94. The van der Waals surface area contributed by atoms with Crippen LogP contribution in [0.4, 0.5) is 0 Å². The summed E-state index contributed by atoms with van der Waals surface area (Å²) in [5.41, 5.74) is 4.27. The van der Waals surface area contributed by atoms with E-state index in [1.807, 2.05) is 19.1 Å². The molecule has 0 fully saturated rings. The molecule has 0 radical (unpaired) electrons. The van der Waals surface area contributed by atoms with Crippen LogP contribution in [0.15, 0.2) is 21.1 Å². The maximum absolute atomic E-state index is 5.42. The summed E-state index contributed by atoms with van der Waals surface area (Å²) >= 11 is 12.2. The van der Waals surface area contributed by atoms with Crippen molar-refractivity contribution in [3.05, 3.63) is 37.2 Å². The molecule has 0 aliphatic rings. The molecule has 0 amide bonds. The quantitative estimate of drug-likeness (QED) is 0.721. The normalized spacial score (nSPS) is 10.6. The molecule has 8 heteroatoms. The minimum absolute atomic E-state index is 0.551. The Morgan fingerprint density at radius 1 is 1.45 bits per heavy atom. The fourth-order valence-corrected chi connectivity index (χ4v) is 3.56. The van der Waals surface area contributed by atoms with E-state index in [9.17, 15) is 0 Å². The molecule has 0 spiro atoms. The van der Waals surface area contributed by atoms with Gasteiger partial charge in [0.25, 0.3) is 0 Å². The molecule has 2 rings (SSSR count). The summed E-state index contributed by atoms with van der Waals surface area (Å²) in [6.45, 7) is 2.60. The number of aromatic nitrogens is 3. The SMILES string of the molecule is CCc1n[nH]c(=S)n1NCc1cc(Br)cc(Br)c1OC. The van der Waals surface area contributed by atoms with Gasteiger partial charge in [-0.2, -0.15) is 5.10 Å². The minimum Gasteiger partial charge on any atom is -0.495 e. The van der Waals surface area contributed by atoms with Gasteiger partial charge >= 0.3 is 0 Å². The molecule has 0 aliphatic heterocycles. The lowest BCUT2D eigenvalue weighted by Gasteiger charge is -2.14. The number of H-pyrrole nitrogens is 1. The van der Waals surface area contributed by atoms with E-state index >= 15 is 0 Å². The van der Waals surface area contributed by atoms with Crippen LogP contribution in [0.3, 0.4) is 0 Å². The van der Waals surface area contributed by atoms with Gasteiger partial charge in [-0.1, -0.05) is 22.9 Å². The van der Waals surface area contributed by atoms with Gasteiger partial charge in [0.1, 0.15) is 5.75 Å². The topological polar surface area (TPSA) is 54.9 Å². The number of benzene rings is 1. The number of hydrogen-bond donors (Lipinski definition) is 2. The van der Waals surface area contributed by atoms with E-state index in [0.29, 0.717) is 11.3 Å². The predicted molar refractivity (Wildman–Crippen MR) is 88.2 cm³/mol. The first-order valence-electron chi connectivity index (χ1n) is 5.98. The van der Waals surface area contributed by atoms with Crippen molar-refractivity contribution in [1.82, 2.24) is 14.9 Å². The Morgan fingerprint density at radius 3 is 2.85 bits per heavy atom. The molecule has 0 aliphatic carbocycles. The molecule has 1 heterocycles. The van der Waals surface area contributed by atoms with Crippen LogP contribution in [-0.2, 0) is 13.0 Å². The zero-order valence-corrected chi connectivity index (χ0v) is 15.0. The molecule has 0 unspecified atom stereocenters. The highest BCUT2D eigenvalue weighted by atomic mass is 79.9. The lowest BCUT2D eigenvalue weighted by molar-refractivity contribution is 0.407. The summed E-state index contributed by atoms with van der Waals surface area (Å²) < 4.78 is 9.63. The maximum Gasteiger partial charge on any atom is 0.214 e. The van der Waals surface area contributed by atoms with Crippen molar-refractivity contribution in [2.24, 2.45) is 0 Å². The zero-order valence-electron chi connectivity index (χ0n) is 11.0. The molecular weight excluding hydrogens is 408 g/mol. The Balaban J connectivity index is 2.27. The zero-order chi connectivity index (χ0) is 14.7. The number of nitrogens with zero attached hydrogens (tertiary/aromatic N) is 2. The van der Waals surface area contributed by atoms with Crippen molar-refractivity contribution in [2.75, 3.05) is 12.5 Å². The highest BCUT2D eigenvalue weighted by Gasteiger charge is 2.10. The van der Waals surface area contributed by atoms with Gasteiger partial charge in [0.05, 0.1) is 18.1 Å². The van der Waals surface area contributed by atoms with Gasteiger partial charge < -0.3 is 10.2 Å². The maximum atomic E-state index is 5.42. The van der Waals surface area contributed by atoms with Crippen molar-refractivity contribution in [3.8, 4) is 5.75 Å². The van der Waals surface area contributed by atoms with Crippen LogP contribution in [0, 0.1) is 4.77 Å². The fourth-order valence-electron chi connectivity index (χ4n) is 1.87. The minimum atomic E-state index is 0.551. The molecule has 108 valence electrons. The first-order valence-corrected chi connectivity index (χ1v) is 7.98. The fraction of sp³-hybridized carbons (Fsp3) is 0.333. The first-order chi connectivity index (χ1) is 9.56. The van der Waals surface area contributed by atoms with Gasteiger partial charge in [-0.05, 0) is 40.3 Å². The highest BCUT2D eigenvalue weighted by Crippen LogP contribution is 2.32. The largest absolute Gasteiger partial charge is 0.495 e. The second-order valence-corrected chi connectivity index (χ2v) is 6.21. The average Bonchev–Trinajstić information content (AvgIpc) is 2.76. The summed E-state index contributed by atoms with van der Waals surface area (Å²) in [5.74, 6) is 1.66. The summed E-state index contributed by atoms with van der Waals surface area (Å²) in [7, 11) is 1.65. The van der Waals surface area contributed by atoms with Crippen LogP contribution in [0.2, 0.25) is 0 Å². The molecule has 2 N–H and O–H groups in total. The first kappa shape index (κ1) is 15.5. The molecule has 5 nitrogen and oxygen atoms in total. The predicted octanol–water partition coefficient (Wildman–Crippen LogP) is 3.78. The monoisotopic (exact) mass is 420 g/mol. The van der Waals surface area contributed by atoms with Crippen LogP contribution in [0.25, 0.3) is 0 Å². The number of methoxy groups -OCH3 is 1. The molecule has 0 atom stereocenters. The summed E-state index contributed by atoms with van der Waals surface area (Å²) in [4.78, 5) is 0. The number of hydrogen-bond acceptors (Lipinski definition) is 4. The molecule has 20 heavy (non-hydrogen) atoms. The second-order valence-electron chi connectivity index (χ2n) is 4.05. The van der Waals surface area contributed by atoms with E-state index in [4.69, 9.17) is 17.0 Å². The van der Waals surface area contributed by atoms with Crippen molar-refractivity contribution in [2.45, 2.75) is 19.9 Å². The third-order valence-corrected chi connectivity index (χ3v) is 4.10. The average molecular weight is 422 g/mol. The van der Waals surface area contributed by atoms with Crippen molar-refractivity contribution < 1.29 is 4.74 Å². The van der Waals surface area contributed by atoms with E-state index in [2.05, 4.69) is 47.5 Å². The highest BCUT2D eigenvalue weighted by molar-refractivity contribution is 9.11. The lowest BCUT2D eigenvalue weighted by atomic mass is 10.2. The Hall–Kier alpha value is -0.860. The molecule has 0 bridgehead atoms. The molecule has 2 aromatic rings. The van der Waals surface area contributed by atoms with Crippen LogP contribution >= 0.6 is 44.1 Å². The molecule has 0 saturated heterocycles. The number of nitrogens with one attached hydrogen (secondary N) is 2. The molecular formula is C12H14Br2N4OS. The van der Waals surface area contributed by atoms with Gasteiger partial charge in [-0.3, -0.25) is 5.10 Å². The van der Waals surface area contributed by atoms with Crippen LogP contribution in [-0.4, -0.2) is 22.0 Å². The van der Waals surface area contributed by atoms with E-state index in [0.717, 1.165) is 32.5 Å². The summed E-state index contributed by atoms with van der Waals surface area (Å²) in [6, 6.07) is 3.95.